The van der Waals surface area contributed by atoms with E-state index in [2.05, 4.69) is 14.8 Å². The lowest BCUT2D eigenvalue weighted by Gasteiger charge is -2.35. The Labute approximate surface area is 146 Å². The molecule has 1 aromatic heterocycles. The monoisotopic (exact) mass is 374 g/mol. The quantitative estimate of drug-likeness (QED) is 0.435. The van der Waals surface area contributed by atoms with Gasteiger partial charge in [-0.25, -0.2) is 9.78 Å². The number of pyridine rings is 1. The third-order valence-electron chi connectivity index (χ3n) is 3.54. The molecule has 0 saturated carbocycles. The lowest BCUT2D eigenvalue weighted by Crippen LogP contribution is -2.48. The second kappa shape index (κ2) is 7.89. The number of guanidine groups is 1. The fraction of sp³-hybridized carbons (Fsp3) is 0.429. The van der Waals surface area contributed by atoms with Gasteiger partial charge in [-0.1, -0.05) is 0 Å². The van der Waals surface area contributed by atoms with Gasteiger partial charge >= 0.3 is 12.1 Å². The van der Waals surface area contributed by atoms with Gasteiger partial charge < -0.3 is 20.4 Å². The average Bonchev–Trinajstić information content (AvgIpc) is 2.59. The number of rotatable bonds is 2. The summed E-state index contributed by atoms with van der Waals surface area (Å²) >= 11 is 0. The standard InChI is InChI=1S/C14H17F3N6O3/c1-9(24)22-4-6-23(7-5-22)10-2-3-11(19-8-10)20-13(18)21-26-12(25)14(15,16)17/h2-3,8H,4-7H2,1H3,(H3,18,19,20,21). The van der Waals surface area contributed by atoms with Gasteiger partial charge in [-0.15, -0.1) is 0 Å². The summed E-state index contributed by atoms with van der Waals surface area (Å²) in [6, 6.07) is 3.22. The van der Waals surface area contributed by atoms with Crippen molar-refractivity contribution in [3.05, 3.63) is 18.3 Å². The van der Waals surface area contributed by atoms with Gasteiger partial charge in [0.15, 0.2) is 5.82 Å². The van der Waals surface area contributed by atoms with Crippen LogP contribution in [-0.2, 0) is 14.4 Å². The maximum absolute atomic E-state index is 12.0. The van der Waals surface area contributed by atoms with E-state index in [0.717, 1.165) is 5.69 Å². The summed E-state index contributed by atoms with van der Waals surface area (Å²) in [5.41, 5.74) is 7.74. The number of amides is 1. The lowest BCUT2D eigenvalue weighted by molar-refractivity contribution is -0.203. The number of hydrogen-bond acceptors (Lipinski definition) is 6. The van der Waals surface area contributed by atoms with Gasteiger partial charge in [0.1, 0.15) is 0 Å². The molecule has 0 unspecified atom stereocenters. The van der Waals surface area contributed by atoms with Crippen molar-refractivity contribution in [1.82, 2.24) is 15.4 Å². The predicted molar refractivity (Wildman–Crippen MR) is 85.3 cm³/mol. The first-order valence-electron chi connectivity index (χ1n) is 7.51. The Kier molecular flexibility index (Phi) is 5.85. The molecule has 1 amide bonds. The van der Waals surface area contributed by atoms with Gasteiger partial charge in [-0.05, 0) is 12.1 Å². The van der Waals surface area contributed by atoms with Crippen molar-refractivity contribution in [2.75, 3.05) is 31.1 Å². The van der Waals surface area contributed by atoms with Crippen molar-refractivity contribution in [3.8, 4) is 0 Å². The number of piperazine rings is 1. The number of nitrogens with one attached hydrogen (secondary N) is 1. The van der Waals surface area contributed by atoms with Crippen LogP contribution in [0.4, 0.5) is 24.7 Å². The molecule has 3 N–H and O–H groups in total. The highest BCUT2D eigenvalue weighted by molar-refractivity contribution is 5.82. The fourth-order valence-corrected chi connectivity index (χ4v) is 2.21. The molecule has 0 aromatic carbocycles. The number of nitrogens with two attached hydrogens (primary N) is 1. The SMILES string of the molecule is CC(=O)N1CCN(c2ccc(N=C(N)NOC(=O)C(F)(F)F)nc2)CC1. The molecule has 9 nitrogen and oxygen atoms in total. The van der Waals surface area contributed by atoms with Crippen LogP contribution in [0.3, 0.4) is 0 Å². The predicted octanol–water partition coefficient (Wildman–Crippen LogP) is 0.306. The van der Waals surface area contributed by atoms with E-state index in [-0.39, 0.29) is 11.7 Å². The molecule has 2 heterocycles. The van der Waals surface area contributed by atoms with E-state index in [0.29, 0.717) is 26.2 Å². The third-order valence-corrected chi connectivity index (χ3v) is 3.54. The fourth-order valence-electron chi connectivity index (χ4n) is 2.21. The summed E-state index contributed by atoms with van der Waals surface area (Å²) in [4.78, 5) is 37.1. The summed E-state index contributed by atoms with van der Waals surface area (Å²) in [5, 5.41) is 0. The first kappa shape index (κ1) is 19.3. The number of alkyl halides is 3. The zero-order valence-corrected chi connectivity index (χ0v) is 13.8. The number of aromatic nitrogens is 1. The van der Waals surface area contributed by atoms with Crippen molar-refractivity contribution >= 4 is 29.3 Å². The highest BCUT2D eigenvalue weighted by Crippen LogP contribution is 2.19. The number of hydrogen-bond donors (Lipinski definition) is 2. The summed E-state index contributed by atoms with van der Waals surface area (Å²) in [6.07, 6.45) is -3.61. The van der Waals surface area contributed by atoms with Gasteiger partial charge in [0.05, 0.1) is 11.9 Å². The summed E-state index contributed by atoms with van der Waals surface area (Å²) in [7, 11) is 0. The van der Waals surface area contributed by atoms with Crippen LogP contribution in [0.5, 0.6) is 0 Å². The second-order valence-corrected chi connectivity index (χ2v) is 5.35. The van der Waals surface area contributed by atoms with Crippen molar-refractivity contribution in [3.63, 3.8) is 0 Å². The Hall–Kier alpha value is -3.05. The van der Waals surface area contributed by atoms with Crippen LogP contribution in [0.1, 0.15) is 6.92 Å². The zero-order valence-electron chi connectivity index (χ0n) is 13.8. The number of anilines is 1. The lowest BCUT2D eigenvalue weighted by atomic mass is 10.2. The van der Waals surface area contributed by atoms with Crippen LogP contribution in [0.25, 0.3) is 0 Å². The van der Waals surface area contributed by atoms with E-state index in [1.807, 2.05) is 4.90 Å². The smallest absolute Gasteiger partial charge is 0.367 e. The van der Waals surface area contributed by atoms with Gasteiger partial charge in [-0.2, -0.15) is 23.6 Å². The van der Waals surface area contributed by atoms with E-state index in [1.54, 1.807) is 16.4 Å². The van der Waals surface area contributed by atoms with Gasteiger partial charge in [0, 0.05) is 33.1 Å². The van der Waals surface area contributed by atoms with E-state index in [4.69, 9.17) is 5.73 Å². The number of carbonyl (C=O) groups is 2. The molecule has 1 aliphatic rings. The number of carbonyl (C=O) groups excluding carboxylic acids is 2. The second-order valence-electron chi connectivity index (χ2n) is 5.35. The highest BCUT2D eigenvalue weighted by atomic mass is 19.4. The van der Waals surface area contributed by atoms with Crippen LogP contribution in [0.15, 0.2) is 23.3 Å². The maximum Gasteiger partial charge on any atom is 0.493 e. The minimum absolute atomic E-state index is 0.0293. The molecular weight excluding hydrogens is 357 g/mol. The van der Waals surface area contributed by atoms with Crippen LogP contribution in [0, 0.1) is 0 Å². The van der Waals surface area contributed by atoms with Crippen molar-refractivity contribution in [1.29, 1.82) is 0 Å². The molecule has 1 fully saturated rings. The van der Waals surface area contributed by atoms with Crippen molar-refractivity contribution < 1.29 is 27.6 Å². The van der Waals surface area contributed by atoms with Crippen LogP contribution < -0.4 is 16.1 Å². The largest absolute Gasteiger partial charge is 0.493 e. The Morgan fingerprint density at radius 3 is 2.42 bits per heavy atom. The third kappa shape index (κ3) is 5.22. The average molecular weight is 374 g/mol. The van der Waals surface area contributed by atoms with Crippen LogP contribution in [-0.4, -0.2) is 60.1 Å². The normalized spacial score (nSPS) is 15.6. The topological polar surface area (TPSA) is 113 Å². The molecule has 1 saturated heterocycles. The van der Waals surface area contributed by atoms with Gasteiger partial charge in [0.25, 0.3) is 0 Å². The Morgan fingerprint density at radius 1 is 1.27 bits per heavy atom. The minimum Gasteiger partial charge on any atom is -0.367 e. The Bertz CT molecular complexity index is 684. The molecule has 0 radical (unpaired) electrons. The molecule has 12 heteroatoms. The molecule has 26 heavy (non-hydrogen) atoms. The number of halogens is 3. The van der Waals surface area contributed by atoms with Gasteiger partial charge in [0.2, 0.25) is 11.9 Å². The molecule has 142 valence electrons. The zero-order chi connectivity index (χ0) is 19.3. The first-order valence-corrected chi connectivity index (χ1v) is 7.51. The van der Waals surface area contributed by atoms with E-state index >= 15 is 0 Å². The molecular formula is C14H17F3N6O3. The molecule has 2 rings (SSSR count). The van der Waals surface area contributed by atoms with Crippen LogP contribution >= 0.6 is 0 Å². The molecule has 0 bridgehead atoms. The molecule has 0 spiro atoms. The Morgan fingerprint density at radius 2 is 1.92 bits per heavy atom. The number of hydroxylamine groups is 1. The van der Waals surface area contributed by atoms with E-state index < -0.39 is 18.1 Å². The van der Waals surface area contributed by atoms with Crippen molar-refractivity contribution in [2.24, 2.45) is 10.7 Å². The maximum atomic E-state index is 12.0. The number of nitrogens with zero attached hydrogens (tertiary/aromatic N) is 4. The molecule has 0 aliphatic carbocycles. The summed E-state index contributed by atoms with van der Waals surface area (Å²) in [5.74, 6) is -2.85. The van der Waals surface area contributed by atoms with E-state index in [1.165, 1.54) is 19.2 Å². The first-order chi connectivity index (χ1) is 12.2. The Balaban J connectivity index is 1.91. The highest BCUT2D eigenvalue weighted by Gasteiger charge is 2.41. The van der Waals surface area contributed by atoms with Crippen LogP contribution in [0.2, 0.25) is 0 Å². The number of aliphatic imine (C=N–C) groups is 1. The molecule has 0 atom stereocenters. The van der Waals surface area contributed by atoms with Crippen molar-refractivity contribution in [2.45, 2.75) is 13.1 Å². The summed E-state index contributed by atoms with van der Waals surface area (Å²) in [6.45, 7) is 4.05. The van der Waals surface area contributed by atoms with Gasteiger partial charge in [-0.3, -0.25) is 4.79 Å². The summed E-state index contributed by atoms with van der Waals surface area (Å²) < 4.78 is 35.9. The molecule has 1 aromatic rings. The minimum atomic E-state index is -5.14. The molecule has 1 aliphatic heterocycles. The van der Waals surface area contributed by atoms with E-state index in [9.17, 15) is 22.8 Å².